The van der Waals surface area contributed by atoms with Gasteiger partial charge in [0.2, 0.25) is 5.43 Å². The topological polar surface area (TPSA) is 149 Å². The van der Waals surface area contributed by atoms with E-state index in [1.54, 1.807) is 11.5 Å². The van der Waals surface area contributed by atoms with E-state index in [0.717, 1.165) is 38.3 Å². The second-order valence-electron chi connectivity index (χ2n) is 11.6. The molecule has 232 valence electrons. The van der Waals surface area contributed by atoms with Gasteiger partial charge in [-0.25, -0.2) is 9.18 Å². The fraction of sp³-hybridized carbons (Fsp3) is 0.500. The molecule has 4 heterocycles. The second kappa shape index (κ2) is 11.9. The van der Waals surface area contributed by atoms with E-state index in [-0.39, 0.29) is 65.2 Å². The van der Waals surface area contributed by atoms with Gasteiger partial charge in [-0.05, 0) is 51.1 Å². The zero-order valence-corrected chi connectivity index (χ0v) is 24.9. The van der Waals surface area contributed by atoms with E-state index in [0.29, 0.717) is 42.1 Å². The molecule has 0 bridgehead atoms. The number of methoxy groups -OCH3 is 1. The highest BCUT2D eigenvalue weighted by Crippen LogP contribution is 2.46. The van der Waals surface area contributed by atoms with Crippen molar-refractivity contribution >= 4 is 35.0 Å². The Morgan fingerprint density at radius 3 is 2.51 bits per heavy atom. The zero-order valence-electron chi connectivity index (χ0n) is 24.0. The SMILES string of the molecule is COc1c(N2C[C@@H]3CCCN(Cc4nc(C)c(O)c(CO)c4CO)[C@@H]3C2)c(F)cc2c(=O)c(C(=O)O)cn(C3CC3)c12.Cl. The number of hydrogen-bond acceptors (Lipinski definition) is 9. The number of aromatic carboxylic acids is 1. The maximum atomic E-state index is 16.0. The van der Waals surface area contributed by atoms with Crippen LogP contribution in [-0.2, 0) is 19.8 Å². The number of carbonyl (C=O) groups is 1. The van der Waals surface area contributed by atoms with Crippen molar-refractivity contribution in [3.05, 3.63) is 56.4 Å². The predicted molar refractivity (Wildman–Crippen MR) is 159 cm³/mol. The molecule has 2 atom stereocenters. The lowest BCUT2D eigenvalue weighted by Crippen LogP contribution is -2.45. The van der Waals surface area contributed by atoms with Crippen molar-refractivity contribution in [3.63, 3.8) is 0 Å². The summed E-state index contributed by atoms with van der Waals surface area (Å²) in [6, 6.07) is 1.20. The van der Waals surface area contributed by atoms with Crippen LogP contribution in [0.4, 0.5) is 10.1 Å². The number of nitrogens with zero attached hydrogens (tertiary/aromatic N) is 4. The van der Waals surface area contributed by atoms with Crippen molar-refractivity contribution < 1.29 is 34.3 Å². The number of benzene rings is 1. The van der Waals surface area contributed by atoms with Crippen LogP contribution >= 0.6 is 12.4 Å². The fourth-order valence-electron chi connectivity index (χ4n) is 6.92. The van der Waals surface area contributed by atoms with E-state index < -0.39 is 29.4 Å². The van der Waals surface area contributed by atoms with Gasteiger partial charge in [0.15, 0.2) is 11.6 Å². The molecule has 1 aromatic carbocycles. The number of aliphatic hydroxyl groups is 2. The van der Waals surface area contributed by atoms with Crippen LogP contribution in [0.5, 0.6) is 11.5 Å². The van der Waals surface area contributed by atoms with Crippen LogP contribution in [0.3, 0.4) is 0 Å². The molecule has 11 nitrogen and oxygen atoms in total. The van der Waals surface area contributed by atoms with Gasteiger partial charge in [-0.2, -0.15) is 0 Å². The summed E-state index contributed by atoms with van der Waals surface area (Å²) in [5.74, 6) is -1.67. The molecule has 0 amide bonds. The summed E-state index contributed by atoms with van der Waals surface area (Å²) in [5, 5.41) is 39.9. The molecule has 43 heavy (non-hydrogen) atoms. The summed E-state index contributed by atoms with van der Waals surface area (Å²) in [7, 11) is 1.44. The Labute approximate surface area is 253 Å². The molecule has 3 fully saturated rings. The first-order valence-electron chi connectivity index (χ1n) is 14.3. The summed E-state index contributed by atoms with van der Waals surface area (Å²) in [6.45, 7) is 3.10. The summed E-state index contributed by atoms with van der Waals surface area (Å²) < 4.78 is 23.5. The highest BCUT2D eigenvalue weighted by molar-refractivity contribution is 5.97. The Bertz CT molecular complexity index is 1640. The number of hydrogen-bond donors (Lipinski definition) is 4. The van der Waals surface area contributed by atoms with Gasteiger partial charge in [0.1, 0.15) is 17.0 Å². The monoisotopic (exact) mass is 618 g/mol. The van der Waals surface area contributed by atoms with Crippen molar-refractivity contribution in [1.82, 2.24) is 14.5 Å². The number of piperidine rings is 1. The molecule has 0 unspecified atom stereocenters. The first kappa shape index (κ1) is 31.0. The highest BCUT2D eigenvalue weighted by atomic mass is 35.5. The molecular weight excluding hydrogens is 583 g/mol. The van der Waals surface area contributed by atoms with Gasteiger partial charge >= 0.3 is 5.97 Å². The van der Waals surface area contributed by atoms with Crippen molar-refractivity contribution in [2.45, 2.75) is 64.4 Å². The first-order valence-corrected chi connectivity index (χ1v) is 14.3. The summed E-state index contributed by atoms with van der Waals surface area (Å²) in [6.07, 6.45) is 4.87. The van der Waals surface area contributed by atoms with E-state index in [1.807, 2.05) is 4.90 Å². The van der Waals surface area contributed by atoms with E-state index in [9.17, 15) is 30.0 Å². The van der Waals surface area contributed by atoms with Crippen LogP contribution in [0.2, 0.25) is 0 Å². The number of carboxylic acids is 1. The molecule has 6 rings (SSSR count). The van der Waals surface area contributed by atoms with Crippen LogP contribution in [0, 0.1) is 18.7 Å². The van der Waals surface area contributed by atoms with Gasteiger partial charge in [0.25, 0.3) is 0 Å². The standard InChI is InChI=1S/C30H35FN4O7.ClH/c1-15-27(38)21(14-37)20(13-36)23(32-15)11-33-7-3-4-16-9-34(12-24(16)33)26-22(31)8-18-25(29(26)42-2)35(17-5-6-17)10-19(28(18)39)30(40)41;/h8,10,16-17,24,36-38H,3-7,9,11-14H2,1-2H3,(H,40,41);1H/t16-,24+;/m0./s1. The minimum absolute atomic E-state index is 0. The van der Waals surface area contributed by atoms with Gasteiger partial charge in [-0.1, -0.05) is 0 Å². The van der Waals surface area contributed by atoms with Crippen LogP contribution in [0.1, 0.15) is 64.6 Å². The number of aryl methyl sites for hydroxylation is 1. The molecule has 2 aliphatic heterocycles. The third kappa shape index (κ3) is 5.20. The van der Waals surface area contributed by atoms with Gasteiger partial charge < -0.3 is 34.6 Å². The molecule has 4 N–H and O–H groups in total. The number of aromatic nitrogens is 2. The number of carboxylic acid groups (broad SMARTS) is 1. The molecule has 1 aliphatic carbocycles. The van der Waals surface area contributed by atoms with Crippen molar-refractivity contribution in [2.24, 2.45) is 5.92 Å². The number of aromatic hydroxyl groups is 1. The lowest BCUT2D eigenvalue weighted by molar-refractivity contribution is 0.0694. The number of likely N-dealkylation sites (tertiary alicyclic amines) is 1. The maximum absolute atomic E-state index is 16.0. The quantitative estimate of drug-likeness (QED) is 0.297. The first-order chi connectivity index (χ1) is 20.2. The fourth-order valence-corrected chi connectivity index (χ4v) is 6.92. The van der Waals surface area contributed by atoms with Crippen LogP contribution in [0.15, 0.2) is 17.1 Å². The van der Waals surface area contributed by atoms with Gasteiger partial charge in [0, 0.05) is 49.0 Å². The Kier molecular flexibility index (Phi) is 8.59. The van der Waals surface area contributed by atoms with Gasteiger partial charge in [-0.3, -0.25) is 14.7 Å². The minimum Gasteiger partial charge on any atom is -0.506 e. The summed E-state index contributed by atoms with van der Waals surface area (Å²) in [5.41, 5.74) is 1.20. The number of anilines is 1. The molecule has 2 saturated heterocycles. The van der Waals surface area contributed by atoms with Gasteiger partial charge in [0.05, 0.1) is 42.6 Å². The number of aliphatic hydroxyl groups excluding tert-OH is 2. The lowest BCUT2D eigenvalue weighted by Gasteiger charge is -2.37. The number of ether oxygens (including phenoxy) is 1. The smallest absolute Gasteiger partial charge is 0.341 e. The molecular formula is C30H36ClFN4O7. The minimum atomic E-state index is -1.35. The lowest BCUT2D eigenvalue weighted by atomic mass is 9.91. The summed E-state index contributed by atoms with van der Waals surface area (Å²) in [4.78, 5) is 33.6. The van der Waals surface area contributed by atoms with E-state index in [2.05, 4.69) is 9.88 Å². The number of rotatable bonds is 8. The average molecular weight is 619 g/mol. The molecule has 0 radical (unpaired) electrons. The molecule has 0 spiro atoms. The molecule has 13 heteroatoms. The number of pyridine rings is 2. The Balaban J connectivity index is 0.00000368. The maximum Gasteiger partial charge on any atom is 0.341 e. The second-order valence-corrected chi connectivity index (χ2v) is 11.6. The molecule has 3 aromatic rings. The van der Waals surface area contributed by atoms with Crippen molar-refractivity contribution in [1.29, 1.82) is 0 Å². The molecule has 3 aliphatic rings. The average Bonchev–Trinajstić information content (AvgIpc) is 3.72. The van der Waals surface area contributed by atoms with E-state index in [4.69, 9.17) is 4.74 Å². The normalized spacial score (nSPS) is 20.3. The Hall–Kier alpha value is -3.45. The third-order valence-electron chi connectivity index (χ3n) is 9.10. The van der Waals surface area contributed by atoms with Gasteiger partial charge in [-0.15, -0.1) is 12.4 Å². The third-order valence-corrected chi connectivity index (χ3v) is 9.10. The molecule has 1 saturated carbocycles. The van der Waals surface area contributed by atoms with E-state index in [1.165, 1.54) is 13.3 Å². The highest BCUT2D eigenvalue weighted by Gasteiger charge is 2.42. The van der Waals surface area contributed by atoms with Crippen LogP contribution in [0.25, 0.3) is 10.9 Å². The largest absolute Gasteiger partial charge is 0.506 e. The van der Waals surface area contributed by atoms with Crippen molar-refractivity contribution in [3.8, 4) is 11.5 Å². The predicted octanol–water partition coefficient (Wildman–Crippen LogP) is 3.10. The number of halogens is 2. The van der Waals surface area contributed by atoms with Crippen LogP contribution < -0.4 is 15.1 Å². The van der Waals surface area contributed by atoms with Crippen molar-refractivity contribution in [2.75, 3.05) is 31.6 Å². The Morgan fingerprint density at radius 1 is 1.16 bits per heavy atom. The van der Waals surface area contributed by atoms with E-state index >= 15 is 4.39 Å². The summed E-state index contributed by atoms with van der Waals surface area (Å²) >= 11 is 0. The number of fused-ring (bicyclic) bond motifs is 2. The Morgan fingerprint density at radius 2 is 1.88 bits per heavy atom. The van der Waals surface area contributed by atoms with Crippen LogP contribution in [-0.4, -0.2) is 73.6 Å². The zero-order chi connectivity index (χ0) is 29.9. The molecule has 2 aromatic heterocycles.